The summed E-state index contributed by atoms with van der Waals surface area (Å²) >= 11 is 1.57. The first-order valence-corrected chi connectivity index (χ1v) is 13.2. The van der Waals surface area contributed by atoms with Crippen molar-refractivity contribution >= 4 is 33.0 Å². The fourth-order valence-corrected chi connectivity index (χ4v) is 5.19. The molecule has 1 aromatic heterocycles. The molecule has 7 nitrogen and oxygen atoms in total. The molecule has 35 heavy (non-hydrogen) atoms. The minimum atomic E-state index is -3.66. The predicted molar refractivity (Wildman–Crippen MR) is 138 cm³/mol. The van der Waals surface area contributed by atoms with Crippen LogP contribution >= 0.6 is 11.3 Å². The van der Waals surface area contributed by atoms with Crippen molar-refractivity contribution in [2.75, 3.05) is 19.0 Å². The number of aromatic nitrogens is 1. The molecule has 180 valence electrons. The van der Waals surface area contributed by atoms with E-state index in [-0.39, 0.29) is 24.0 Å². The van der Waals surface area contributed by atoms with Gasteiger partial charge in [-0.05, 0) is 48.9 Å². The highest BCUT2D eigenvalue weighted by Gasteiger charge is 2.21. The molecule has 1 N–H and O–H groups in total. The normalized spacial score (nSPS) is 11.4. The van der Waals surface area contributed by atoms with Crippen LogP contribution in [-0.2, 0) is 21.4 Å². The van der Waals surface area contributed by atoms with Gasteiger partial charge in [0.1, 0.15) is 5.75 Å². The number of hydrogen-bond acceptors (Lipinski definition) is 6. The first-order chi connectivity index (χ1) is 16.8. The summed E-state index contributed by atoms with van der Waals surface area (Å²) in [5.74, 6) is 0.0763. The van der Waals surface area contributed by atoms with E-state index in [2.05, 4.69) is 10.3 Å². The molecule has 0 aliphatic carbocycles. The number of aryl methyl sites for hydroxylation is 1. The molecule has 1 heterocycles. The summed E-state index contributed by atoms with van der Waals surface area (Å²) in [4.78, 5) is 17.0. The molecule has 4 aromatic rings. The van der Waals surface area contributed by atoms with Gasteiger partial charge in [-0.3, -0.25) is 4.79 Å². The topological polar surface area (TPSA) is 88.6 Å². The third-order valence-corrected chi connectivity index (χ3v) is 7.80. The molecule has 0 radical (unpaired) electrons. The number of carbonyl (C=O) groups is 1. The zero-order valence-corrected chi connectivity index (χ0v) is 21.0. The van der Waals surface area contributed by atoms with E-state index in [1.54, 1.807) is 36.6 Å². The van der Waals surface area contributed by atoms with Gasteiger partial charge in [0, 0.05) is 30.2 Å². The summed E-state index contributed by atoms with van der Waals surface area (Å²) in [6.07, 6.45) is 0. The second-order valence-electron chi connectivity index (χ2n) is 7.89. The lowest BCUT2D eigenvalue weighted by Crippen LogP contribution is -2.26. The lowest BCUT2D eigenvalue weighted by Gasteiger charge is -2.17. The molecule has 0 aliphatic heterocycles. The third kappa shape index (κ3) is 6.33. The summed E-state index contributed by atoms with van der Waals surface area (Å²) in [5.41, 5.74) is 3.33. The number of benzene rings is 3. The molecule has 0 saturated heterocycles. The first-order valence-electron chi connectivity index (χ1n) is 10.9. The Morgan fingerprint density at radius 1 is 1.03 bits per heavy atom. The standard InChI is InChI=1S/C26H25N3O4S2/c1-19-27-25(18-34-19)21-9-6-10-22(15-21)28-26(30)17-33-23-11-13-24(14-12-23)35(31,32)29(2)16-20-7-4-3-5-8-20/h3-15,18H,16-17H2,1-2H3,(H,28,30). The van der Waals surface area contributed by atoms with Crippen molar-refractivity contribution in [1.82, 2.24) is 9.29 Å². The maximum absolute atomic E-state index is 12.9. The number of amides is 1. The van der Waals surface area contributed by atoms with E-state index in [0.29, 0.717) is 11.4 Å². The Morgan fingerprint density at radius 3 is 2.46 bits per heavy atom. The van der Waals surface area contributed by atoms with Crippen molar-refractivity contribution in [2.24, 2.45) is 0 Å². The number of carbonyl (C=O) groups excluding carboxylic acids is 1. The molecule has 0 bridgehead atoms. The van der Waals surface area contributed by atoms with Gasteiger partial charge in [0.05, 0.1) is 15.6 Å². The highest BCUT2D eigenvalue weighted by Crippen LogP contribution is 2.24. The van der Waals surface area contributed by atoms with E-state index in [9.17, 15) is 13.2 Å². The fourth-order valence-electron chi connectivity index (χ4n) is 3.41. The van der Waals surface area contributed by atoms with Gasteiger partial charge in [-0.1, -0.05) is 42.5 Å². The third-order valence-electron chi connectivity index (χ3n) is 5.21. The van der Waals surface area contributed by atoms with Gasteiger partial charge in [-0.25, -0.2) is 13.4 Å². The van der Waals surface area contributed by atoms with E-state index in [1.807, 2.05) is 60.8 Å². The smallest absolute Gasteiger partial charge is 0.262 e. The molecular formula is C26H25N3O4S2. The van der Waals surface area contributed by atoms with E-state index in [1.165, 1.54) is 16.4 Å². The highest BCUT2D eigenvalue weighted by atomic mass is 32.2. The molecular weight excluding hydrogens is 482 g/mol. The van der Waals surface area contributed by atoms with Crippen LogP contribution in [0.15, 0.2) is 89.1 Å². The van der Waals surface area contributed by atoms with Crippen LogP contribution in [0.1, 0.15) is 10.6 Å². The Kier molecular flexibility index (Phi) is 7.60. The summed E-state index contributed by atoms with van der Waals surface area (Å²) < 4.78 is 32.6. The van der Waals surface area contributed by atoms with Crippen LogP contribution in [0.25, 0.3) is 11.3 Å². The average molecular weight is 508 g/mol. The summed E-state index contributed by atoms with van der Waals surface area (Å²) in [6.45, 7) is 2.01. The number of nitrogens with zero attached hydrogens (tertiary/aromatic N) is 2. The molecule has 0 unspecified atom stereocenters. The monoisotopic (exact) mass is 507 g/mol. The van der Waals surface area contributed by atoms with Crippen molar-refractivity contribution in [1.29, 1.82) is 0 Å². The molecule has 0 aliphatic rings. The number of sulfonamides is 1. The van der Waals surface area contributed by atoms with Gasteiger partial charge in [0.15, 0.2) is 6.61 Å². The second kappa shape index (κ2) is 10.8. The molecule has 0 fully saturated rings. The maximum atomic E-state index is 12.9. The van der Waals surface area contributed by atoms with Gasteiger partial charge < -0.3 is 10.1 Å². The number of rotatable bonds is 9. The van der Waals surface area contributed by atoms with Crippen molar-refractivity contribution in [2.45, 2.75) is 18.4 Å². The first kappa shape index (κ1) is 24.6. The van der Waals surface area contributed by atoms with Crippen LogP contribution in [0.4, 0.5) is 5.69 Å². The lowest BCUT2D eigenvalue weighted by atomic mass is 10.1. The number of anilines is 1. The molecule has 0 atom stereocenters. The van der Waals surface area contributed by atoms with Gasteiger partial charge >= 0.3 is 0 Å². The molecule has 3 aromatic carbocycles. The quantitative estimate of drug-likeness (QED) is 0.346. The van der Waals surface area contributed by atoms with Gasteiger partial charge in [-0.2, -0.15) is 4.31 Å². The highest BCUT2D eigenvalue weighted by molar-refractivity contribution is 7.89. The molecule has 0 spiro atoms. The van der Waals surface area contributed by atoms with Crippen LogP contribution in [-0.4, -0.2) is 37.3 Å². The maximum Gasteiger partial charge on any atom is 0.262 e. The zero-order chi connectivity index (χ0) is 24.8. The van der Waals surface area contributed by atoms with Crippen LogP contribution in [0.2, 0.25) is 0 Å². The van der Waals surface area contributed by atoms with Crippen LogP contribution in [0.3, 0.4) is 0 Å². The SMILES string of the molecule is Cc1nc(-c2cccc(NC(=O)COc3ccc(S(=O)(=O)N(C)Cc4ccccc4)cc3)c2)cs1. The predicted octanol–water partition coefficient (Wildman–Crippen LogP) is 4.96. The van der Waals surface area contributed by atoms with Crippen molar-refractivity contribution in [3.05, 3.63) is 94.8 Å². The zero-order valence-electron chi connectivity index (χ0n) is 19.3. The fraction of sp³-hybridized carbons (Fsp3) is 0.154. The van der Waals surface area contributed by atoms with E-state index < -0.39 is 10.0 Å². The number of ether oxygens (including phenoxy) is 1. The second-order valence-corrected chi connectivity index (χ2v) is 11.0. The minimum Gasteiger partial charge on any atom is -0.484 e. The molecule has 0 saturated carbocycles. The Labute approximate surface area is 209 Å². The van der Waals surface area contributed by atoms with Crippen LogP contribution < -0.4 is 10.1 Å². The molecule has 4 rings (SSSR count). The number of thiazole rings is 1. The average Bonchev–Trinajstić information content (AvgIpc) is 3.30. The number of hydrogen-bond donors (Lipinski definition) is 1. The van der Waals surface area contributed by atoms with Gasteiger partial charge in [-0.15, -0.1) is 11.3 Å². The van der Waals surface area contributed by atoms with Crippen LogP contribution in [0, 0.1) is 6.92 Å². The van der Waals surface area contributed by atoms with E-state index in [4.69, 9.17) is 4.74 Å². The van der Waals surface area contributed by atoms with Crippen LogP contribution in [0.5, 0.6) is 5.75 Å². The Bertz CT molecular complexity index is 1400. The van der Waals surface area contributed by atoms with E-state index in [0.717, 1.165) is 21.8 Å². The van der Waals surface area contributed by atoms with Gasteiger partial charge in [0.2, 0.25) is 10.0 Å². The summed E-state index contributed by atoms with van der Waals surface area (Å²) in [7, 11) is -2.11. The summed E-state index contributed by atoms with van der Waals surface area (Å²) in [6, 6.07) is 22.9. The molecule has 1 amide bonds. The van der Waals surface area contributed by atoms with Gasteiger partial charge in [0.25, 0.3) is 5.91 Å². The molecule has 9 heteroatoms. The van der Waals surface area contributed by atoms with Crippen molar-refractivity contribution in [3.63, 3.8) is 0 Å². The Balaban J connectivity index is 1.33. The Morgan fingerprint density at radius 2 is 1.77 bits per heavy atom. The largest absolute Gasteiger partial charge is 0.484 e. The van der Waals surface area contributed by atoms with Crippen molar-refractivity contribution in [3.8, 4) is 17.0 Å². The minimum absolute atomic E-state index is 0.154. The summed E-state index contributed by atoms with van der Waals surface area (Å²) in [5, 5.41) is 5.76. The lowest BCUT2D eigenvalue weighted by molar-refractivity contribution is -0.118. The number of nitrogens with one attached hydrogen (secondary N) is 1. The Hall–Kier alpha value is -3.53. The van der Waals surface area contributed by atoms with E-state index >= 15 is 0 Å². The van der Waals surface area contributed by atoms with Crippen molar-refractivity contribution < 1.29 is 17.9 Å².